The summed E-state index contributed by atoms with van der Waals surface area (Å²) in [6, 6.07) is 17.2. The van der Waals surface area contributed by atoms with Crippen molar-refractivity contribution in [1.29, 1.82) is 0 Å². The Hall–Kier alpha value is -2.22. The highest BCUT2D eigenvalue weighted by Crippen LogP contribution is 2.38. The second-order valence-electron chi connectivity index (χ2n) is 6.91. The highest BCUT2D eigenvalue weighted by molar-refractivity contribution is 6.09. The number of hydrogen-bond acceptors (Lipinski definition) is 2. The summed E-state index contributed by atoms with van der Waals surface area (Å²) in [5.41, 5.74) is 2.50. The summed E-state index contributed by atoms with van der Waals surface area (Å²) in [6.45, 7) is 2.17. The Kier molecular flexibility index (Phi) is 4.42. The van der Waals surface area contributed by atoms with Crippen LogP contribution < -0.4 is 0 Å². The van der Waals surface area contributed by atoms with E-state index in [1.165, 1.54) is 0 Å². The third-order valence-electron chi connectivity index (χ3n) is 4.78. The van der Waals surface area contributed by atoms with Gasteiger partial charge in [-0.15, -0.1) is 0 Å². The number of carbonyl (C=O) groups excluding carboxylic acids is 2. The second-order valence-corrected chi connectivity index (χ2v) is 6.91. The summed E-state index contributed by atoms with van der Waals surface area (Å²) in [6.07, 6.45) is 4.13. The predicted molar refractivity (Wildman–Crippen MR) is 91.6 cm³/mol. The third kappa shape index (κ3) is 3.58. The lowest BCUT2D eigenvalue weighted by molar-refractivity contribution is -0.123. The zero-order chi connectivity index (χ0) is 16.3. The van der Waals surface area contributed by atoms with Gasteiger partial charge in [0, 0.05) is 24.0 Å². The normalized spacial score (nSPS) is 21.2. The van der Waals surface area contributed by atoms with Crippen molar-refractivity contribution in [3.05, 3.63) is 71.3 Å². The summed E-state index contributed by atoms with van der Waals surface area (Å²) in [7, 11) is 0. The molecule has 1 saturated carbocycles. The van der Waals surface area contributed by atoms with Gasteiger partial charge in [0.25, 0.3) is 0 Å². The number of carbonyl (C=O) groups is 2. The van der Waals surface area contributed by atoms with Crippen molar-refractivity contribution in [2.45, 2.75) is 39.0 Å². The van der Waals surface area contributed by atoms with Gasteiger partial charge in [-0.3, -0.25) is 9.59 Å². The fourth-order valence-corrected chi connectivity index (χ4v) is 3.62. The molecule has 2 heteroatoms. The molecule has 0 aromatic heterocycles. The van der Waals surface area contributed by atoms with Crippen LogP contribution >= 0.6 is 0 Å². The highest BCUT2D eigenvalue weighted by Gasteiger charge is 2.32. The van der Waals surface area contributed by atoms with E-state index in [-0.39, 0.29) is 11.2 Å². The molecule has 1 aliphatic rings. The second kappa shape index (κ2) is 6.49. The topological polar surface area (TPSA) is 34.1 Å². The van der Waals surface area contributed by atoms with E-state index in [2.05, 4.69) is 6.92 Å². The lowest BCUT2D eigenvalue weighted by Crippen LogP contribution is -2.28. The minimum atomic E-state index is -0.0254. The van der Waals surface area contributed by atoms with E-state index >= 15 is 0 Å². The first-order valence-electron chi connectivity index (χ1n) is 8.27. The minimum absolute atomic E-state index is 0.0254. The molecule has 1 aliphatic carbocycles. The lowest BCUT2D eigenvalue weighted by atomic mass is 9.71. The summed E-state index contributed by atoms with van der Waals surface area (Å²) < 4.78 is 0. The molecule has 0 N–H and O–H groups in total. The van der Waals surface area contributed by atoms with Crippen molar-refractivity contribution in [2.24, 2.45) is 5.41 Å². The molecule has 0 unspecified atom stereocenters. The van der Waals surface area contributed by atoms with E-state index in [1.807, 2.05) is 54.6 Å². The van der Waals surface area contributed by atoms with Crippen LogP contribution in [0.2, 0.25) is 0 Å². The van der Waals surface area contributed by atoms with Crippen molar-refractivity contribution < 1.29 is 9.59 Å². The van der Waals surface area contributed by atoms with Crippen LogP contribution in [-0.4, -0.2) is 11.6 Å². The van der Waals surface area contributed by atoms with Crippen molar-refractivity contribution >= 4 is 11.6 Å². The van der Waals surface area contributed by atoms with Crippen LogP contribution in [-0.2, 0) is 11.2 Å². The SMILES string of the molecule is C[C@@]1(Cc2ccccc2C(=O)c2ccccc2)CCCC(=O)C1. The molecule has 1 fully saturated rings. The van der Waals surface area contributed by atoms with Gasteiger partial charge in [-0.2, -0.15) is 0 Å². The summed E-state index contributed by atoms with van der Waals surface area (Å²) in [5, 5.41) is 0. The summed E-state index contributed by atoms with van der Waals surface area (Å²) in [5.74, 6) is 0.414. The van der Waals surface area contributed by atoms with Gasteiger partial charge >= 0.3 is 0 Å². The first kappa shape index (κ1) is 15.7. The minimum Gasteiger partial charge on any atom is -0.300 e. The molecule has 2 nitrogen and oxygen atoms in total. The molecular weight excluding hydrogens is 284 g/mol. The monoisotopic (exact) mass is 306 g/mol. The molecular formula is C21H22O2. The van der Waals surface area contributed by atoms with E-state index in [0.29, 0.717) is 24.2 Å². The first-order valence-corrected chi connectivity index (χ1v) is 8.27. The molecule has 0 aliphatic heterocycles. The van der Waals surface area contributed by atoms with E-state index in [0.717, 1.165) is 30.4 Å². The number of ketones is 2. The molecule has 0 radical (unpaired) electrons. The molecule has 1 atom stereocenters. The van der Waals surface area contributed by atoms with Gasteiger partial charge in [-0.25, -0.2) is 0 Å². The van der Waals surface area contributed by atoms with Crippen LogP contribution in [0, 0.1) is 5.41 Å². The van der Waals surface area contributed by atoms with Crippen molar-refractivity contribution in [2.75, 3.05) is 0 Å². The van der Waals surface area contributed by atoms with Crippen LogP contribution in [0.1, 0.15) is 54.1 Å². The quantitative estimate of drug-likeness (QED) is 0.773. The van der Waals surface area contributed by atoms with Crippen molar-refractivity contribution in [3.63, 3.8) is 0 Å². The maximum atomic E-state index is 12.8. The van der Waals surface area contributed by atoms with E-state index in [4.69, 9.17) is 0 Å². The molecule has 0 saturated heterocycles. The Labute approximate surface area is 137 Å². The molecule has 0 spiro atoms. The first-order chi connectivity index (χ1) is 11.1. The summed E-state index contributed by atoms with van der Waals surface area (Å²) in [4.78, 5) is 24.7. The Balaban J connectivity index is 1.89. The Morgan fingerprint density at radius 3 is 2.48 bits per heavy atom. The van der Waals surface area contributed by atoms with Crippen LogP contribution in [0.5, 0.6) is 0 Å². The van der Waals surface area contributed by atoms with E-state index in [9.17, 15) is 9.59 Å². The van der Waals surface area contributed by atoms with Gasteiger partial charge in [0.1, 0.15) is 5.78 Å². The van der Waals surface area contributed by atoms with Crippen molar-refractivity contribution in [3.8, 4) is 0 Å². The van der Waals surface area contributed by atoms with E-state index in [1.54, 1.807) is 0 Å². The molecule has 0 amide bonds. The van der Waals surface area contributed by atoms with Gasteiger partial charge in [-0.1, -0.05) is 61.5 Å². The molecule has 0 bridgehead atoms. The highest BCUT2D eigenvalue weighted by atomic mass is 16.1. The molecule has 2 aromatic rings. The molecule has 0 heterocycles. The Bertz CT molecular complexity index is 718. The number of benzene rings is 2. The van der Waals surface area contributed by atoms with Gasteiger partial charge in [-0.05, 0) is 30.2 Å². The third-order valence-corrected chi connectivity index (χ3v) is 4.78. The average molecular weight is 306 g/mol. The predicted octanol–water partition coefficient (Wildman–Crippen LogP) is 4.61. The van der Waals surface area contributed by atoms with Gasteiger partial charge in [0.2, 0.25) is 0 Å². The van der Waals surface area contributed by atoms with Crippen LogP contribution in [0.3, 0.4) is 0 Å². The smallest absolute Gasteiger partial charge is 0.193 e. The maximum Gasteiger partial charge on any atom is 0.193 e. The molecule has 2 aromatic carbocycles. The largest absolute Gasteiger partial charge is 0.300 e. The van der Waals surface area contributed by atoms with Crippen LogP contribution in [0.15, 0.2) is 54.6 Å². The van der Waals surface area contributed by atoms with Crippen LogP contribution in [0.4, 0.5) is 0 Å². The number of rotatable bonds is 4. The standard InChI is InChI=1S/C21H22O2/c1-21(13-7-11-18(22)15-21)14-17-10-5-6-12-19(17)20(23)16-8-3-2-4-9-16/h2-6,8-10,12H,7,11,13-15H2,1H3/t21-/m0/s1. The molecule has 3 rings (SSSR count). The lowest BCUT2D eigenvalue weighted by Gasteiger charge is -2.33. The average Bonchev–Trinajstić information content (AvgIpc) is 2.55. The van der Waals surface area contributed by atoms with E-state index < -0.39 is 0 Å². The maximum absolute atomic E-state index is 12.8. The van der Waals surface area contributed by atoms with Crippen molar-refractivity contribution in [1.82, 2.24) is 0 Å². The molecule has 118 valence electrons. The fourth-order valence-electron chi connectivity index (χ4n) is 3.62. The zero-order valence-corrected chi connectivity index (χ0v) is 13.5. The Morgan fingerprint density at radius 1 is 1.04 bits per heavy atom. The number of hydrogen-bond donors (Lipinski definition) is 0. The Morgan fingerprint density at radius 2 is 1.74 bits per heavy atom. The fraction of sp³-hybridized carbons (Fsp3) is 0.333. The summed E-state index contributed by atoms with van der Waals surface area (Å²) >= 11 is 0. The zero-order valence-electron chi connectivity index (χ0n) is 13.5. The van der Waals surface area contributed by atoms with Gasteiger partial charge in [0.15, 0.2) is 5.78 Å². The number of Topliss-reactive ketones (excluding diaryl/α,β-unsaturated/α-hetero) is 1. The van der Waals surface area contributed by atoms with Gasteiger partial charge in [0.05, 0.1) is 0 Å². The van der Waals surface area contributed by atoms with Crippen LogP contribution in [0.25, 0.3) is 0 Å². The molecule has 23 heavy (non-hydrogen) atoms. The van der Waals surface area contributed by atoms with Gasteiger partial charge < -0.3 is 0 Å².